The van der Waals surface area contributed by atoms with Crippen LogP contribution in [0.15, 0.2) is 115 Å². The molecule has 0 unspecified atom stereocenters. The lowest BCUT2D eigenvalue weighted by Crippen LogP contribution is -2.20. The van der Waals surface area contributed by atoms with Crippen LogP contribution in [-0.2, 0) is 0 Å². The maximum absolute atomic E-state index is 13.4. The molecule has 1 aliphatic carbocycles. The van der Waals surface area contributed by atoms with E-state index in [1.54, 1.807) is 36.5 Å². The Kier molecular flexibility index (Phi) is 8.07. The lowest BCUT2D eigenvalue weighted by Gasteiger charge is -2.25. The zero-order valence-corrected chi connectivity index (χ0v) is 23.8. The molecule has 0 aliphatic heterocycles. The van der Waals surface area contributed by atoms with Crippen molar-refractivity contribution >= 4 is 34.7 Å². The van der Waals surface area contributed by atoms with Gasteiger partial charge in [-0.05, 0) is 97.6 Å². The van der Waals surface area contributed by atoms with Gasteiger partial charge in [-0.3, -0.25) is 9.78 Å². The van der Waals surface area contributed by atoms with Crippen molar-refractivity contribution in [3.63, 3.8) is 0 Å². The van der Waals surface area contributed by atoms with E-state index in [4.69, 9.17) is 21.1 Å². The molecule has 1 aromatic heterocycles. The van der Waals surface area contributed by atoms with E-state index in [9.17, 15) is 14.7 Å². The van der Waals surface area contributed by atoms with Crippen LogP contribution in [0.3, 0.4) is 0 Å². The van der Waals surface area contributed by atoms with Crippen LogP contribution >= 0.6 is 11.6 Å². The fourth-order valence-electron chi connectivity index (χ4n) is 4.65. The molecule has 214 valence electrons. The lowest BCUT2D eigenvalue weighted by atomic mass is 10.0. The minimum Gasteiger partial charge on any atom is -0.478 e. The van der Waals surface area contributed by atoms with E-state index < -0.39 is 11.8 Å². The van der Waals surface area contributed by atoms with Crippen LogP contribution in [0.4, 0.5) is 11.4 Å². The summed E-state index contributed by atoms with van der Waals surface area (Å²) in [5.74, 6) is 0.437. The average Bonchev–Trinajstić information content (AvgIpc) is 3.86. The number of carbonyl (C=O) groups excluding carboxylic acids is 1. The standard InChI is InChI=1S/C35H27ClN2O5/c36-25-13-15-26(16-14-25)38(22-23-10-11-23)27-17-18-30(37-21-27)34(39)24-12-19-31(29(20-24)35(40)41)43-33-9-5-4-8-32(33)42-28-6-2-1-3-7-28/h1-9,12-21,23H,10-11,22H2,(H,40,41). The van der Waals surface area contributed by atoms with E-state index in [-0.39, 0.29) is 22.6 Å². The third kappa shape index (κ3) is 6.68. The number of carboxylic acid groups (broad SMARTS) is 1. The zero-order valence-electron chi connectivity index (χ0n) is 23.0. The van der Waals surface area contributed by atoms with Crippen molar-refractivity contribution in [1.82, 2.24) is 4.98 Å². The highest BCUT2D eigenvalue weighted by Gasteiger charge is 2.26. The summed E-state index contributed by atoms with van der Waals surface area (Å²) in [5, 5.41) is 10.6. The Morgan fingerprint density at radius 3 is 2.12 bits per heavy atom. The summed E-state index contributed by atoms with van der Waals surface area (Å²) in [4.78, 5) is 32.2. The third-order valence-corrected chi connectivity index (χ3v) is 7.33. The van der Waals surface area contributed by atoms with Gasteiger partial charge in [0.2, 0.25) is 5.78 Å². The molecule has 1 N–H and O–H groups in total. The Morgan fingerprint density at radius 1 is 0.791 bits per heavy atom. The predicted octanol–water partition coefficient (Wildman–Crippen LogP) is 8.80. The molecule has 1 saturated carbocycles. The number of pyridine rings is 1. The molecule has 7 nitrogen and oxygen atoms in total. The van der Waals surface area contributed by atoms with E-state index in [1.165, 1.54) is 31.0 Å². The topological polar surface area (TPSA) is 89.0 Å². The number of hydrogen-bond donors (Lipinski definition) is 1. The quantitative estimate of drug-likeness (QED) is 0.154. The van der Waals surface area contributed by atoms with Gasteiger partial charge < -0.3 is 19.5 Å². The Hall–Kier alpha value is -5.14. The first-order valence-corrected chi connectivity index (χ1v) is 14.2. The summed E-state index contributed by atoms with van der Waals surface area (Å²) in [5.41, 5.74) is 2.09. The first-order chi connectivity index (χ1) is 20.9. The van der Waals surface area contributed by atoms with Crippen LogP contribution < -0.4 is 14.4 Å². The summed E-state index contributed by atoms with van der Waals surface area (Å²) in [6, 6.07) is 31.6. The SMILES string of the molecule is O=C(c1ccc(Oc2ccccc2Oc2ccccc2)c(C(=O)O)c1)c1ccc(N(CC2CC2)c2ccc(Cl)cc2)cn1. The Bertz CT molecular complexity index is 1750. The highest BCUT2D eigenvalue weighted by atomic mass is 35.5. The smallest absolute Gasteiger partial charge is 0.339 e. The molecule has 1 aliphatic rings. The van der Waals surface area contributed by atoms with Crippen molar-refractivity contribution < 1.29 is 24.2 Å². The second kappa shape index (κ2) is 12.4. The van der Waals surface area contributed by atoms with E-state index in [2.05, 4.69) is 9.88 Å². The maximum atomic E-state index is 13.4. The molecule has 0 amide bonds. The zero-order chi connectivity index (χ0) is 29.8. The molecule has 8 heteroatoms. The number of hydrogen-bond acceptors (Lipinski definition) is 6. The minimum atomic E-state index is -1.23. The molecule has 6 rings (SSSR count). The van der Waals surface area contributed by atoms with Gasteiger partial charge in [0.25, 0.3) is 0 Å². The molecule has 4 aromatic carbocycles. The van der Waals surface area contributed by atoms with Crippen LogP contribution in [0.2, 0.25) is 5.02 Å². The van der Waals surface area contributed by atoms with Gasteiger partial charge in [0.1, 0.15) is 22.8 Å². The van der Waals surface area contributed by atoms with Crippen LogP contribution in [0.5, 0.6) is 23.0 Å². The largest absolute Gasteiger partial charge is 0.478 e. The van der Waals surface area contributed by atoms with Gasteiger partial charge in [-0.2, -0.15) is 0 Å². The van der Waals surface area contributed by atoms with Crippen molar-refractivity contribution in [2.75, 3.05) is 11.4 Å². The number of aromatic carboxylic acids is 1. The summed E-state index contributed by atoms with van der Waals surface area (Å²) in [6.07, 6.45) is 4.04. The van der Waals surface area contributed by atoms with Crippen molar-refractivity contribution in [3.8, 4) is 23.0 Å². The van der Waals surface area contributed by atoms with Crippen molar-refractivity contribution in [3.05, 3.63) is 137 Å². The molecule has 5 aromatic rings. The molecule has 0 radical (unpaired) electrons. The number of anilines is 2. The van der Waals surface area contributed by atoms with Crippen LogP contribution in [-0.4, -0.2) is 28.4 Å². The second-order valence-electron chi connectivity index (χ2n) is 10.2. The first-order valence-electron chi connectivity index (χ1n) is 13.9. The number of carbonyl (C=O) groups is 2. The molecular weight excluding hydrogens is 564 g/mol. The predicted molar refractivity (Wildman–Crippen MR) is 165 cm³/mol. The number of ether oxygens (including phenoxy) is 2. The van der Waals surface area contributed by atoms with E-state index in [0.717, 1.165) is 17.9 Å². The molecule has 0 spiro atoms. The highest BCUT2D eigenvalue weighted by Crippen LogP contribution is 2.37. The molecule has 0 saturated heterocycles. The molecule has 1 fully saturated rings. The Morgan fingerprint density at radius 2 is 1.47 bits per heavy atom. The fraction of sp³-hybridized carbons (Fsp3) is 0.114. The number of halogens is 1. The monoisotopic (exact) mass is 590 g/mol. The summed E-state index contributed by atoms with van der Waals surface area (Å²) in [6.45, 7) is 0.847. The number of para-hydroxylation sites is 3. The summed E-state index contributed by atoms with van der Waals surface area (Å²) < 4.78 is 11.9. The molecule has 43 heavy (non-hydrogen) atoms. The summed E-state index contributed by atoms with van der Waals surface area (Å²) >= 11 is 6.09. The molecule has 1 heterocycles. The molecule has 0 atom stereocenters. The van der Waals surface area contributed by atoms with Crippen molar-refractivity contribution in [1.29, 1.82) is 0 Å². The normalized spacial score (nSPS) is 12.4. The van der Waals surface area contributed by atoms with Gasteiger partial charge in [-0.25, -0.2) is 4.79 Å². The van der Waals surface area contributed by atoms with E-state index >= 15 is 0 Å². The van der Waals surface area contributed by atoms with E-state index in [1.807, 2.05) is 60.7 Å². The number of benzene rings is 4. The van der Waals surface area contributed by atoms with Gasteiger partial charge >= 0.3 is 5.97 Å². The van der Waals surface area contributed by atoms with Gasteiger partial charge in [0.15, 0.2) is 11.5 Å². The number of nitrogens with zero attached hydrogens (tertiary/aromatic N) is 2. The van der Waals surface area contributed by atoms with Crippen molar-refractivity contribution in [2.24, 2.45) is 5.92 Å². The summed E-state index contributed by atoms with van der Waals surface area (Å²) in [7, 11) is 0. The second-order valence-corrected chi connectivity index (χ2v) is 10.7. The number of rotatable bonds is 11. The highest BCUT2D eigenvalue weighted by molar-refractivity contribution is 6.30. The third-order valence-electron chi connectivity index (χ3n) is 7.08. The van der Waals surface area contributed by atoms with Crippen LogP contribution in [0.25, 0.3) is 0 Å². The van der Waals surface area contributed by atoms with E-state index in [0.29, 0.717) is 28.2 Å². The Balaban J connectivity index is 1.23. The number of aromatic nitrogens is 1. The van der Waals surface area contributed by atoms with Gasteiger partial charge in [0.05, 0.1) is 11.9 Å². The molecule has 0 bridgehead atoms. The average molecular weight is 591 g/mol. The Labute approximate surface area is 253 Å². The number of carboxylic acids is 1. The lowest BCUT2D eigenvalue weighted by molar-refractivity contribution is 0.0694. The first kappa shape index (κ1) is 28.0. The van der Waals surface area contributed by atoms with Gasteiger partial charge in [-0.15, -0.1) is 0 Å². The molecular formula is C35H27ClN2O5. The number of ketones is 1. The van der Waals surface area contributed by atoms with Crippen LogP contribution in [0.1, 0.15) is 39.3 Å². The van der Waals surface area contributed by atoms with Crippen LogP contribution in [0, 0.1) is 5.92 Å². The fourth-order valence-corrected chi connectivity index (χ4v) is 4.77. The minimum absolute atomic E-state index is 0.0788. The van der Waals surface area contributed by atoms with Gasteiger partial charge in [0, 0.05) is 22.8 Å². The van der Waals surface area contributed by atoms with Crippen molar-refractivity contribution in [2.45, 2.75) is 12.8 Å². The maximum Gasteiger partial charge on any atom is 0.339 e. The van der Waals surface area contributed by atoms with Gasteiger partial charge in [-0.1, -0.05) is 41.9 Å².